The van der Waals surface area contributed by atoms with Gasteiger partial charge in [-0.3, -0.25) is 4.90 Å². The molecule has 6 rings (SSSR count). The highest BCUT2D eigenvalue weighted by molar-refractivity contribution is 5.58. The quantitative estimate of drug-likeness (QED) is 0.127. The van der Waals surface area contributed by atoms with Gasteiger partial charge in [0, 0.05) is 49.9 Å². The van der Waals surface area contributed by atoms with Crippen molar-refractivity contribution in [1.82, 2.24) is 4.90 Å². The molecule has 6 nitrogen and oxygen atoms in total. The van der Waals surface area contributed by atoms with Gasteiger partial charge in [-0.05, 0) is 119 Å². The van der Waals surface area contributed by atoms with E-state index in [4.69, 9.17) is 18.9 Å². The molecule has 0 aromatic heterocycles. The first-order valence-corrected chi connectivity index (χ1v) is 20.5. The van der Waals surface area contributed by atoms with Crippen LogP contribution < -0.4 is 18.9 Å². The smallest absolute Gasteiger partial charge is 0.127 e. The molecule has 0 fully saturated rings. The average Bonchev–Trinajstić information content (AvgIpc) is 3.12. The maximum atomic E-state index is 11.4. The number of aromatic hydroxyl groups is 1. The molecule has 0 aliphatic heterocycles. The zero-order valence-electron chi connectivity index (χ0n) is 34.9. The Morgan fingerprint density at radius 2 is 0.786 bits per heavy atom. The summed E-state index contributed by atoms with van der Waals surface area (Å²) in [5.74, 6) is 3.67. The van der Waals surface area contributed by atoms with Crippen molar-refractivity contribution >= 4 is 0 Å². The number of rotatable bonds is 13. The normalized spacial score (nSPS) is 12.8. The molecule has 296 valence electrons. The molecule has 0 amide bonds. The van der Waals surface area contributed by atoms with Crippen molar-refractivity contribution in [3.63, 3.8) is 0 Å². The SMILES string of the molecule is CCN(Cc1ccccc1)Cc1cc2c(OC(C)C)c(c1)Cc1cc(O)cc(c1OC(C)C)Cc1cccc(c1OC(C)C)Cc1cccc(c1OC(C)C)C2. The maximum Gasteiger partial charge on any atom is 0.127 e. The third-order valence-corrected chi connectivity index (χ3v) is 9.93. The highest BCUT2D eigenvalue weighted by atomic mass is 16.5. The molecule has 0 spiro atoms. The summed E-state index contributed by atoms with van der Waals surface area (Å²) in [5.41, 5.74) is 10.9. The molecular weight excluding hydrogens is 695 g/mol. The van der Waals surface area contributed by atoms with Crippen molar-refractivity contribution < 1.29 is 24.1 Å². The lowest BCUT2D eigenvalue weighted by molar-refractivity contribution is 0.232. The zero-order chi connectivity index (χ0) is 39.9. The Labute approximate surface area is 335 Å². The number of ether oxygens (including phenoxy) is 4. The Morgan fingerprint density at radius 1 is 0.446 bits per heavy atom. The summed E-state index contributed by atoms with van der Waals surface area (Å²) in [6.07, 6.45) is 2.13. The average molecular weight is 756 g/mol. The molecule has 0 heterocycles. The number of phenolic OH excluding ortho intramolecular Hbond substituents is 1. The molecule has 1 N–H and O–H groups in total. The molecule has 6 heteroatoms. The van der Waals surface area contributed by atoms with Gasteiger partial charge in [-0.25, -0.2) is 0 Å². The second-order valence-corrected chi connectivity index (χ2v) is 16.3. The summed E-state index contributed by atoms with van der Waals surface area (Å²) < 4.78 is 26.9. The van der Waals surface area contributed by atoms with Gasteiger partial charge in [0.2, 0.25) is 0 Å². The van der Waals surface area contributed by atoms with Crippen molar-refractivity contribution in [3.8, 4) is 28.7 Å². The van der Waals surface area contributed by atoms with Crippen LogP contribution >= 0.6 is 0 Å². The van der Waals surface area contributed by atoms with Crippen LogP contribution in [0.2, 0.25) is 0 Å². The minimum Gasteiger partial charge on any atom is -0.508 e. The van der Waals surface area contributed by atoms with Crippen LogP contribution in [-0.2, 0) is 38.8 Å². The van der Waals surface area contributed by atoms with Crippen molar-refractivity contribution in [2.75, 3.05) is 6.54 Å². The van der Waals surface area contributed by atoms with Gasteiger partial charge in [-0.1, -0.05) is 85.8 Å². The van der Waals surface area contributed by atoms with Crippen LogP contribution in [0.15, 0.2) is 91.0 Å². The molecule has 8 bridgehead atoms. The van der Waals surface area contributed by atoms with Gasteiger partial charge in [-0.2, -0.15) is 0 Å². The van der Waals surface area contributed by atoms with Crippen LogP contribution in [0.1, 0.15) is 118 Å². The van der Waals surface area contributed by atoms with Crippen molar-refractivity contribution in [3.05, 3.63) is 147 Å². The summed E-state index contributed by atoms with van der Waals surface area (Å²) in [5, 5.41) is 11.4. The van der Waals surface area contributed by atoms with E-state index >= 15 is 0 Å². The Hall–Kier alpha value is -4.94. The minimum atomic E-state index is -0.0749. The fraction of sp³-hybridized carbons (Fsp3) is 0.400. The van der Waals surface area contributed by atoms with E-state index in [1.54, 1.807) is 0 Å². The van der Waals surface area contributed by atoms with E-state index in [-0.39, 0.29) is 30.2 Å². The molecule has 0 unspecified atom stereocenters. The first-order chi connectivity index (χ1) is 26.9. The highest BCUT2D eigenvalue weighted by Gasteiger charge is 2.25. The second-order valence-electron chi connectivity index (χ2n) is 16.3. The number of para-hydroxylation sites is 2. The van der Waals surface area contributed by atoms with Gasteiger partial charge >= 0.3 is 0 Å². The summed E-state index contributed by atoms with van der Waals surface area (Å²) >= 11 is 0. The molecule has 1 aliphatic rings. The van der Waals surface area contributed by atoms with Gasteiger partial charge < -0.3 is 24.1 Å². The summed E-state index contributed by atoms with van der Waals surface area (Å²) in [6.45, 7) is 21.4. The molecule has 0 radical (unpaired) electrons. The summed E-state index contributed by atoms with van der Waals surface area (Å²) in [4.78, 5) is 2.48. The number of phenols is 1. The van der Waals surface area contributed by atoms with Crippen LogP contribution in [0, 0.1) is 0 Å². The maximum absolute atomic E-state index is 11.4. The van der Waals surface area contributed by atoms with E-state index in [0.29, 0.717) is 25.7 Å². The molecule has 5 aromatic rings. The van der Waals surface area contributed by atoms with Crippen LogP contribution in [0.3, 0.4) is 0 Å². The largest absolute Gasteiger partial charge is 0.508 e. The number of benzene rings is 5. The predicted octanol–water partition coefficient (Wildman–Crippen LogP) is 11.2. The van der Waals surface area contributed by atoms with Gasteiger partial charge in [0.15, 0.2) is 0 Å². The lowest BCUT2D eigenvalue weighted by Crippen LogP contribution is -2.22. The van der Waals surface area contributed by atoms with Crippen molar-refractivity contribution in [2.45, 2.75) is 126 Å². The predicted molar refractivity (Wildman–Crippen MR) is 228 cm³/mol. The zero-order valence-corrected chi connectivity index (χ0v) is 34.9. The number of hydrogen-bond acceptors (Lipinski definition) is 6. The third-order valence-electron chi connectivity index (χ3n) is 9.93. The van der Waals surface area contributed by atoms with E-state index in [2.05, 4.69) is 146 Å². The Kier molecular flexibility index (Phi) is 13.3. The lowest BCUT2D eigenvalue weighted by Gasteiger charge is -2.26. The Morgan fingerprint density at radius 3 is 1.18 bits per heavy atom. The first-order valence-electron chi connectivity index (χ1n) is 20.5. The van der Waals surface area contributed by atoms with Crippen LogP contribution in [-0.4, -0.2) is 41.0 Å². The third kappa shape index (κ3) is 10.3. The monoisotopic (exact) mass is 755 g/mol. The van der Waals surface area contributed by atoms with E-state index in [9.17, 15) is 5.11 Å². The molecule has 1 aliphatic carbocycles. The molecular formula is C50H61NO5. The Balaban J connectivity index is 1.61. The van der Waals surface area contributed by atoms with Gasteiger partial charge in [0.05, 0.1) is 24.4 Å². The molecule has 5 aromatic carbocycles. The fourth-order valence-corrected chi connectivity index (χ4v) is 7.76. The van der Waals surface area contributed by atoms with Crippen molar-refractivity contribution in [1.29, 1.82) is 0 Å². The fourth-order valence-electron chi connectivity index (χ4n) is 7.76. The number of hydrogen-bond donors (Lipinski definition) is 1. The van der Waals surface area contributed by atoms with Crippen LogP contribution in [0.5, 0.6) is 28.7 Å². The molecule has 0 saturated heterocycles. The number of fused-ring (bicyclic) bond motifs is 8. The van der Waals surface area contributed by atoms with Gasteiger partial charge in [-0.15, -0.1) is 0 Å². The Bertz CT molecular complexity index is 2080. The molecule has 0 atom stereocenters. The van der Waals surface area contributed by atoms with Crippen molar-refractivity contribution in [2.24, 2.45) is 0 Å². The molecule has 56 heavy (non-hydrogen) atoms. The van der Waals surface area contributed by atoms with E-state index in [1.807, 2.05) is 12.1 Å². The van der Waals surface area contributed by atoms with Crippen LogP contribution in [0.4, 0.5) is 0 Å². The summed E-state index contributed by atoms with van der Waals surface area (Å²) in [6, 6.07) is 32.0. The highest BCUT2D eigenvalue weighted by Crippen LogP contribution is 2.41. The topological polar surface area (TPSA) is 60.4 Å². The van der Waals surface area contributed by atoms with Gasteiger partial charge in [0.25, 0.3) is 0 Å². The molecule has 0 saturated carbocycles. The second kappa shape index (κ2) is 18.3. The standard InChI is InChI=1S/C50H61NO5/c1-10-51(30-36-16-12-11-13-17-36)31-37-22-42-25-40-20-14-18-38(47(40)53-32(2)3)24-39-19-15-21-41(48(39)54-33(4)5)26-44-28-46(52)29-45(50(44)56-35(8)9)27-43(23-37)49(42)55-34(6)7/h11-23,28-29,32-35,52H,10,24-27,30-31H2,1-9H3. The number of nitrogens with zero attached hydrogens (tertiary/aromatic N) is 1. The van der Waals surface area contributed by atoms with E-state index in [0.717, 1.165) is 87.1 Å². The minimum absolute atomic E-state index is 0.0142. The van der Waals surface area contributed by atoms with E-state index < -0.39 is 0 Å². The van der Waals surface area contributed by atoms with E-state index in [1.165, 1.54) is 11.1 Å². The van der Waals surface area contributed by atoms with Crippen LogP contribution in [0.25, 0.3) is 0 Å². The van der Waals surface area contributed by atoms with Gasteiger partial charge in [0.1, 0.15) is 28.7 Å². The lowest BCUT2D eigenvalue weighted by atomic mass is 9.90. The summed E-state index contributed by atoms with van der Waals surface area (Å²) in [7, 11) is 0. The first kappa shape index (κ1) is 40.7.